The number of aryl methyl sites for hydroxylation is 1. The van der Waals surface area contributed by atoms with E-state index in [-0.39, 0.29) is 5.82 Å². The van der Waals surface area contributed by atoms with Gasteiger partial charge in [-0.15, -0.1) is 0 Å². The van der Waals surface area contributed by atoms with Gasteiger partial charge in [0.15, 0.2) is 0 Å². The molecule has 132 valence electrons. The van der Waals surface area contributed by atoms with Crippen LogP contribution in [0.4, 0.5) is 14.7 Å². The maximum absolute atomic E-state index is 13.7. The van der Waals surface area contributed by atoms with E-state index in [0.717, 1.165) is 33.3 Å². The maximum atomic E-state index is 13.7. The van der Waals surface area contributed by atoms with Crippen LogP contribution in [-0.2, 0) is 0 Å². The van der Waals surface area contributed by atoms with E-state index in [2.05, 4.69) is 20.2 Å². The van der Waals surface area contributed by atoms with Gasteiger partial charge in [-0.1, -0.05) is 0 Å². The van der Waals surface area contributed by atoms with Gasteiger partial charge in [-0.05, 0) is 31.5 Å². The molecule has 1 aliphatic heterocycles. The minimum Gasteiger partial charge on any atom is -0.338 e. The lowest BCUT2D eigenvalue weighted by Gasteiger charge is -2.17. The second-order valence-electron chi connectivity index (χ2n) is 6.60. The van der Waals surface area contributed by atoms with Gasteiger partial charge in [-0.3, -0.25) is 5.10 Å². The van der Waals surface area contributed by atoms with Gasteiger partial charge in [0.25, 0.3) is 0 Å². The molecule has 6 nitrogen and oxygen atoms in total. The molecular weight excluding hydrogens is 338 g/mol. The number of halogens is 2. The summed E-state index contributed by atoms with van der Waals surface area (Å²) in [6, 6.07) is 4.66. The number of H-pyrrole nitrogens is 1. The molecule has 4 heterocycles. The first-order valence-electron chi connectivity index (χ1n) is 8.48. The zero-order valence-corrected chi connectivity index (χ0v) is 14.1. The molecule has 0 saturated carbocycles. The van der Waals surface area contributed by atoms with Gasteiger partial charge in [-0.2, -0.15) is 5.10 Å². The SMILES string of the molecule is Cc1nc(N2CCC(F)C2)ncc1-n1c2ccc(F)cc2c2[nH]ncc21. The van der Waals surface area contributed by atoms with Crippen LogP contribution >= 0.6 is 0 Å². The molecule has 1 fully saturated rings. The average Bonchev–Trinajstić information content (AvgIpc) is 3.31. The van der Waals surface area contributed by atoms with E-state index < -0.39 is 6.17 Å². The summed E-state index contributed by atoms with van der Waals surface area (Å²) >= 11 is 0. The Bertz CT molecular complexity index is 1130. The van der Waals surface area contributed by atoms with Crippen LogP contribution in [0.25, 0.3) is 27.6 Å². The average molecular weight is 354 g/mol. The number of fused-ring (bicyclic) bond motifs is 3. The Labute approximate surface area is 147 Å². The predicted molar refractivity (Wildman–Crippen MR) is 94.9 cm³/mol. The molecule has 4 aromatic rings. The Hall–Kier alpha value is -3.03. The minimum atomic E-state index is -0.826. The molecule has 5 rings (SSSR count). The highest BCUT2D eigenvalue weighted by Crippen LogP contribution is 2.32. The Morgan fingerprint density at radius 3 is 2.88 bits per heavy atom. The highest BCUT2D eigenvalue weighted by atomic mass is 19.1. The van der Waals surface area contributed by atoms with Crippen molar-refractivity contribution in [2.24, 2.45) is 0 Å². The fourth-order valence-electron chi connectivity index (χ4n) is 3.66. The molecule has 1 atom stereocenters. The molecule has 1 saturated heterocycles. The molecule has 0 aliphatic carbocycles. The molecule has 1 unspecified atom stereocenters. The van der Waals surface area contributed by atoms with Crippen LogP contribution in [0.1, 0.15) is 12.1 Å². The number of alkyl halides is 1. The number of rotatable bonds is 2. The van der Waals surface area contributed by atoms with Crippen LogP contribution in [-0.4, -0.2) is 44.0 Å². The summed E-state index contributed by atoms with van der Waals surface area (Å²) in [4.78, 5) is 10.9. The van der Waals surface area contributed by atoms with Crippen molar-refractivity contribution in [1.82, 2.24) is 24.7 Å². The van der Waals surface area contributed by atoms with Crippen molar-refractivity contribution in [2.45, 2.75) is 19.5 Å². The van der Waals surface area contributed by atoms with Gasteiger partial charge in [0.05, 0.1) is 46.9 Å². The molecule has 0 bridgehead atoms. The summed E-state index contributed by atoms with van der Waals surface area (Å²) in [6.45, 7) is 2.85. The van der Waals surface area contributed by atoms with Crippen molar-refractivity contribution >= 4 is 27.9 Å². The molecule has 3 aromatic heterocycles. The highest BCUT2D eigenvalue weighted by molar-refractivity contribution is 6.06. The van der Waals surface area contributed by atoms with Gasteiger partial charge >= 0.3 is 0 Å². The molecule has 1 aliphatic rings. The maximum Gasteiger partial charge on any atom is 0.225 e. The van der Waals surface area contributed by atoms with Crippen LogP contribution in [0.15, 0.2) is 30.6 Å². The molecule has 0 radical (unpaired) electrons. The number of hydrogen-bond acceptors (Lipinski definition) is 4. The van der Waals surface area contributed by atoms with Crippen molar-refractivity contribution in [1.29, 1.82) is 0 Å². The van der Waals surface area contributed by atoms with Crippen molar-refractivity contribution in [2.75, 3.05) is 18.0 Å². The molecule has 1 aromatic carbocycles. The molecule has 0 amide bonds. The Kier molecular flexibility index (Phi) is 3.22. The third-order valence-electron chi connectivity index (χ3n) is 4.92. The smallest absolute Gasteiger partial charge is 0.225 e. The number of benzene rings is 1. The largest absolute Gasteiger partial charge is 0.338 e. The quantitative estimate of drug-likeness (QED) is 0.600. The lowest BCUT2D eigenvalue weighted by Crippen LogP contribution is -2.23. The van der Waals surface area contributed by atoms with E-state index in [1.807, 2.05) is 16.4 Å². The Morgan fingerprint density at radius 2 is 2.12 bits per heavy atom. The lowest BCUT2D eigenvalue weighted by atomic mass is 10.2. The monoisotopic (exact) mass is 354 g/mol. The predicted octanol–water partition coefficient (Wildman–Crippen LogP) is 3.29. The number of aromatic amines is 1. The molecule has 0 spiro atoms. The van der Waals surface area contributed by atoms with Gasteiger partial charge in [-0.25, -0.2) is 18.7 Å². The molecule has 1 N–H and O–H groups in total. The number of anilines is 1. The molecule has 8 heteroatoms. The van der Waals surface area contributed by atoms with E-state index >= 15 is 0 Å². The molecule has 26 heavy (non-hydrogen) atoms. The first-order chi connectivity index (χ1) is 12.6. The summed E-state index contributed by atoms with van der Waals surface area (Å²) < 4.78 is 29.1. The van der Waals surface area contributed by atoms with Crippen LogP contribution in [0.2, 0.25) is 0 Å². The first kappa shape index (κ1) is 15.2. The summed E-state index contributed by atoms with van der Waals surface area (Å²) in [6.07, 6.45) is 3.12. The zero-order valence-electron chi connectivity index (χ0n) is 14.1. The van der Waals surface area contributed by atoms with E-state index in [0.29, 0.717) is 25.5 Å². The van der Waals surface area contributed by atoms with Crippen LogP contribution in [0.5, 0.6) is 0 Å². The Morgan fingerprint density at radius 1 is 1.23 bits per heavy atom. The van der Waals surface area contributed by atoms with E-state index in [1.54, 1.807) is 18.5 Å². The van der Waals surface area contributed by atoms with Crippen molar-refractivity contribution in [3.8, 4) is 5.69 Å². The summed E-state index contributed by atoms with van der Waals surface area (Å²) in [5, 5.41) is 7.77. The standard InChI is InChI=1S/C18H16F2N6/c1-10-15(7-21-18(23-10)25-5-4-12(20)9-25)26-14-3-2-11(19)6-13(14)17-16(26)8-22-24-17/h2-3,6-8,12H,4-5,9H2,1H3,(H,22,24). The van der Waals surface area contributed by atoms with Crippen LogP contribution in [0.3, 0.4) is 0 Å². The number of aromatic nitrogens is 5. The number of nitrogens with zero attached hydrogens (tertiary/aromatic N) is 5. The third kappa shape index (κ3) is 2.18. The zero-order chi connectivity index (χ0) is 17.8. The van der Waals surface area contributed by atoms with Gasteiger partial charge in [0.1, 0.15) is 12.0 Å². The summed E-state index contributed by atoms with van der Waals surface area (Å²) in [5.41, 5.74) is 4.00. The van der Waals surface area contributed by atoms with Gasteiger partial charge < -0.3 is 9.47 Å². The second kappa shape index (κ2) is 5.48. The second-order valence-corrected chi connectivity index (χ2v) is 6.60. The van der Waals surface area contributed by atoms with Crippen LogP contribution in [0, 0.1) is 12.7 Å². The van der Waals surface area contributed by atoms with E-state index in [4.69, 9.17) is 0 Å². The van der Waals surface area contributed by atoms with Crippen molar-refractivity contribution in [3.63, 3.8) is 0 Å². The topological polar surface area (TPSA) is 62.6 Å². The minimum absolute atomic E-state index is 0.302. The lowest BCUT2D eigenvalue weighted by molar-refractivity contribution is 0.364. The summed E-state index contributed by atoms with van der Waals surface area (Å²) in [7, 11) is 0. The van der Waals surface area contributed by atoms with Crippen LogP contribution < -0.4 is 4.90 Å². The number of hydrogen-bond donors (Lipinski definition) is 1. The summed E-state index contributed by atoms with van der Waals surface area (Å²) in [5.74, 6) is 0.238. The van der Waals surface area contributed by atoms with E-state index in [9.17, 15) is 8.78 Å². The van der Waals surface area contributed by atoms with Crippen molar-refractivity contribution < 1.29 is 8.78 Å². The number of nitrogens with one attached hydrogen (secondary N) is 1. The fourth-order valence-corrected chi connectivity index (χ4v) is 3.66. The fraction of sp³-hybridized carbons (Fsp3) is 0.278. The van der Waals surface area contributed by atoms with Gasteiger partial charge in [0.2, 0.25) is 5.95 Å². The normalized spacial score (nSPS) is 17.7. The van der Waals surface area contributed by atoms with Crippen molar-refractivity contribution in [3.05, 3.63) is 42.1 Å². The Balaban J connectivity index is 1.68. The van der Waals surface area contributed by atoms with Gasteiger partial charge in [0, 0.05) is 11.9 Å². The molecular formula is C18H16F2N6. The third-order valence-corrected chi connectivity index (χ3v) is 4.92. The van der Waals surface area contributed by atoms with E-state index in [1.165, 1.54) is 12.1 Å². The first-order valence-corrected chi connectivity index (χ1v) is 8.48. The highest BCUT2D eigenvalue weighted by Gasteiger charge is 2.24.